The smallest absolute Gasteiger partial charge is 0.103 e. The van der Waals surface area contributed by atoms with Crippen LogP contribution >= 0.6 is 11.8 Å². The summed E-state index contributed by atoms with van der Waals surface area (Å²) in [7, 11) is 0. The SMILES string of the molecule is CC(C)C1CC(C#N)(SC(C)(C)C)C1. The standard InChI is InChI=1S/C12H21NS/c1-9(2)10-6-12(7-10,8-13)14-11(3,4)5/h9-10H,6-7H2,1-5H3. The molecule has 1 fully saturated rings. The van der Waals surface area contributed by atoms with Crippen LogP contribution in [0.1, 0.15) is 47.5 Å². The Labute approximate surface area is 92.3 Å². The normalized spacial score (nSPS) is 32.5. The minimum Gasteiger partial charge on any atom is -0.197 e. The van der Waals surface area contributed by atoms with Crippen molar-refractivity contribution < 1.29 is 0 Å². The van der Waals surface area contributed by atoms with Crippen LogP contribution in [0.4, 0.5) is 0 Å². The van der Waals surface area contributed by atoms with E-state index in [2.05, 4.69) is 40.7 Å². The Morgan fingerprint density at radius 1 is 1.36 bits per heavy atom. The Morgan fingerprint density at radius 2 is 1.86 bits per heavy atom. The topological polar surface area (TPSA) is 23.8 Å². The van der Waals surface area contributed by atoms with Crippen molar-refractivity contribution in [2.45, 2.75) is 57.0 Å². The van der Waals surface area contributed by atoms with Crippen LogP contribution in [0.15, 0.2) is 0 Å². The molecule has 0 atom stereocenters. The third-order valence-corrected chi connectivity index (χ3v) is 4.26. The predicted molar refractivity (Wildman–Crippen MR) is 63.3 cm³/mol. The van der Waals surface area contributed by atoms with Gasteiger partial charge in [0.1, 0.15) is 4.75 Å². The Bertz CT molecular complexity index is 238. The quantitative estimate of drug-likeness (QED) is 0.693. The number of thioether (sulfide) groups is 1. The molecule has 0 amide bonds. The van der Waals surface area contributed by atoms with E-state index in [4.69, 9.17) is 0 Å². The van der Waals surface area contributed by atoms with E-state index in [1.807, 2.05) is 11.8 Å². The lowest BCUT2D eigenvalue weighted by Crippen LogP contribution is -2.44. The fourth-order valence-electron chi connectivity index (χ4n) is 2.04. The van der Waals surface area contributed by atoms with E-state index >= 15 is 0 Å². The van der Waals surface area contributed by atoms with E-state index in [0.29, 0.717) is 0 Å². The van der Waals surface area contributed by atoms with Crippen molar-refractivity contribution in [1.29, 1.82) is 5.26 Å². The van der Waals surface area contributed by atoms with Crippen molar-refractivity contribution in [2.75, 3.05) is 0 Å². The van der Waals surface area contributed by atoms with E-state index in [-0.39, 0.29) is 9.49 Å². The molecule has 1 nitrogen and oxygen atoms in total. The molecule has 0 N–H and O–H groups in total. The molecule has 0 saturated heterocycles. The molecule has 0 bridgehead atoms. The summed E-state index contributed by atoms with van der Waals surface area (Å²) in [5.74, 6) is 1.50. The molecule has 0 spiro atoms. The van der Waals surface area contributed by atoms with Crippen LogP contribution in [-0.4, -0.2) is 9.49 Å². The van der Waals surface area contributed by atoms with Gasteiger partial charge in [0, 0.05) is 4.75 Å². The maximum Gasteiger partial charge on any atom is 0.103 e. The average Bonchev–Trinajstić information content (AvgIpc) is 1.93. The summed E-state index contributed by atoms with van der Waals surface area (Å²) in [6.07, 6.45) is 2.17. The van der Waals surface area contributed by atoms with Crippen LogP contribution in [0.25, 0.3) is 0 Å². The van der Waals surface area contributed by atoms with E-state index < -0.39 is 0 Å². The first-order valence-corrected chi connectivity index (χ1v) is 6.21. The van der Waals surface area contributed by atoms with Gasteiger partial charge in [0.15, 0.2) is 0 Å². The van der Waals surface area contributed by atoms with Crippen LogP contribution in [0.3, 0.4) is 0 Å². The monoisotopic (exact) mass is 211 g/mol. The zero-order valence-corrected chi connectivity index (χ0v) is 10.7. The minimum absolute atomic E-state index is 0.0762. The first-order chi connectivity index (χ1) is 6.28. The Balaban J connectivity index is 2.55. The number of nitrogens with zero attached hydrogens (tertiary/aromatic N) is 1. The van der Waals surface area contributed by atoms with Crippen molar-refractivity contribution in [1.82, 2.24) is 0 Å². The van der Waals surface area contributed by atoms with Crippen molar-refractivity contribution >= 4 is 11.8 Å². The van der Waals surface area contributed by atoms with Crippen LogP contribution in [0.2, 0.25) is 0 Å². The van der Waals surface area contributed by atoms with Crippen molar-refractivity contribution in [3.05, 3.63) is 0 Å². The first kappa shape index (κ1) is 11.9. The van der Waals surface area contributed by atoms with E-state index in [0.717, 1.165) is 24.7 Å². The first-order valence-electron chi connectivity index (χ1n) is 5.39. The van der Waals surface area contributed by atoms with Gasteiger partial charge in [0.25, 0.3) is 0 Å². The highest BCUT2D eigenvalue weighted by molar-refractivity contribution is 8.02. The second-order valence-electron chi connectivity index (χ2n) is 5.73. The molecule has 0 aromatic carbocycles. The summed E-state index contributed by atoms with van der Waals surface area (Å²) in [6, 6.07) is 2.52. The Morgan fingerprint density at radius 3 is 2.14 bits per heavy atom. The lowest BCUT2D eigenvalue weighted by molar-refractivity contribution is 0.206. The highest BCUT2D eigenvalue weighted by atomic mass is 32.2. The van der Waals surface area contributed by atoms with Gasteiger partial charge < -0.3 is 0 Å². The Kier molecular flexibility index (Phi) is 3.21. The second-order valence-corrected chi connectivity index (χ2v) is 7.94. The third-order valence-electron chi connectivity index (χ3n) is 2.83. The fourth-order valence-corrected chi connectivity index (χ4v) is 3.85. The number of rotatable bonds is 2. The Hall–Kier alpha value is -0.160. The summed E-state index contributed by atoms with van der Waals surface area (Å²) in [5, 5.41) is 9.23. The van der Waals surface area contributed by atoms with E-state index in [1.165, 1.54) is 0 Å². The van der Waals surface area contributed by atoms with E-state index in [1.54, 1.807) is 0 Å². The molecule has 1 aliphatic rings. The van der Waals surface area contributed by atoms with Gasteiger partial charge in [-0.3, -0.25) is 0 Å². The van der Waals surface area contributed by atoms with Gasteiger partial charge in [-0.25, -0.2) is 0 Å². The fraction of sp³-hybridized carbons (Fsp3) is 0.917. The second kappa shape index (κ2) is 3.77. The van der Waals surface area contributed by atoms with Crippen LogP contribution in [0.5, 0.6) is 0 Å². The molecule has 0 aromatic rings. The summed E-state index contributed by atoms with van der Waals surface area (Å²) < 4.78 is 0.130. The molecule has 1 aliphatic carbocycles. The number of hydrogen-bond donors (Lipinski definition) is 0. The van der Waals surface area contributed by atoms with Gasteiger partial charge in [-0.15, -0.1) is 11.8 Å². The van der Waals surface area contributed by atoms with Gasteiger partial charge in [-0.2, -0.15) is 5.26 Å². The molecule has 2 heteroatoms. The van der Waals surface area contributed by atoms with Gasteiger partial charge in [-0.05, 0) is 24.7 Å². The van der Waals surface area contributed by atoms with Gasteiger partial charge in [0.2, 0.25) is 0 Å². The molecule has 0 radical (unpaired) electrons. The average molecular weight is 211 g/mol. The minimum atomic E-state index is -0.0762. The maximum atomic E-state index is 9.23. The summed E-state index contributed by atoms with van der Waals surface area (Å²) in [4.78, 5) is 0. The lowest BCUT2D eigenvalue weighted by Gasteiger charge is -2.47. The van der Waals surface area contributed by atoms with Gasteiger partial charge in [0.05, 0.1) is 6.07 Å². The lowest BCUT2D eigenvalue weighted by atomic mass is 9.69. The third kappa shape index (κ3) is 2.67. The van der Waals surface area contributed by atoms with Crippen molar-refractivity contribution in [3.63, 3.8) is 0 Å². The van der Waals surface area contributed by atoms with Crippen molar-refractivity contribution in [3.8, 4) is 6.07 Å². The van der Waals surface area contributed by atoms with Gasteiger partial charge in [-0.1, -0.05) is 34.6 Å². The zero-order valence-electron chi connectivity index (χ0n) is 9.92. The van der Waals surface area contributed by atoms with Crippen LogP contribution in [0, 0.1) is 23.2 Å². The molecule has 0 aromatic heterocycles. The zero-order chi connectivity index (χ0) is 11.0. The predicted octanol–water partition coefficient (Wildman–Crippen LogP) is 3.85. The summed E-state index contributed by atoms with van der Waals surface area (Å²) in [6.45, 7) is 11.1. The van der Waals surface area contributed by atoms with Crippen molar-refractivity contribution in [2.24, 2.45) is 11.8 Å². The molecular formula is C12H21NS. The van der Waals surface area contributed by atoms with Crippen LogP contribution in [-0.2, 0) is 0 Å². The largest absolute Gasteiger partial charge is 0.197 e. The molecule has 0 unspecified atom stereocenters. The summed E-state index contributed by atoms with van der Waals surface area (Å²) >= 11 is 1.85. The molecule has 80 valence electrons. The molecule has 0 aliphatic heterocycles. The molecule has 0 heterocycles. The number of hydrogen-bond acceptors (Lipinski definition) is 2. The van der Waals surface area contributed by atoms with E-state index in [9.17, 15) is 5.26 Å². The highest BCUT2D eigenvalue weighted by Gasteiger charge is 2.48. The molecule has 14 heavy (non-hydrogen) atoms. The number of nitriles is 1. The van der Waals surface area contributed by atoms with Crippen LogP contribution < -0.4 is 0 Å². The highest BCUT2D eigenvalue weighted by Crippen LogP contribution is 2.53. The van der Waals surface area contributed by atoms with Gasteiger partial charge >= 0.3 is 0 Å². The molecule has 1 rings (SSSR count). The molecule has 1 saturated carbocycles. The maximum absolute atomic E-state index is 9.23. The molecular weight excluding hydrogens is 190 g/mol. The summed E-state index contributed by atoms with van der Waals surface area (Å²) in [5.41, 5.74) is 0.